The van der Waals surface area contributed by atoms with Gasteiger partial charge in [-0.05, 0) is 83.7 Å². The number of halogens is 5. The van der Waals surface area contributed by atoms with Crippen molar-refractivity contribution in [3.63, 3.8) is 0 Å². The Bertz CT molecular complexity index is 1410. The largest absolute Gasteiger partial charge is 0.206 e. The Morgan fingerprint density at radius 3 is 1.97 bits per heavy atom. The first-order valence-electron chi connectivity index (χ1n) is 11.4. The summed E-state index contributed by atoms with van der Waals surface area (Å²) < 4.78 is 72.4. The lowest BCUT2D eigenvalue weighted by molar-refractivity contribution is 0.572. The fourth-order valence-corrected chi connectivity index (χ4v) is 4.27. The highest BCUT2D eigenvalue weighted by atomic mass is 19.1. The maximum Gasteiger partial charge on any atom is 0.144 e. The van der Waals surface area contributed by atoms with Crippen LogP contribution in [0.5, 0.6) is 0 Å². The van der Waals surface area contributed by atoms with E-state index >= 15 is 4.39 Å². The molecule has 1 nitrogen and oxygen atoms in total. The molecule has 0 radical (unpaired) electrons. The predicted molar refractivity (Wildman–Crippen MR) is 126 cm³/mol. The molecule has 0 bridgehead atoms. The highest BCUT2D eigenvalue weighted by Crippen LogP contribution is 2.32. The summed E-state index contributed by atoms with van der Waals surface area (Å²) in [6.07, 6.45) is 2.70. The van der Waals surface area contributed by atoms with Crippen molar-refractivity contribution in [2.75, 3.05) is 0 Å². The quantitative estimate of drug-likeness (QED) is 0.245. The molecule has 0 aliphatic rings. The number of rotatable bonds is 7. The van der Waals surface area contributed by atoms with Gasteiger partial charge >= 0.3 is 0 Å². The first-order valence-corrected chi connectivity index (χ1v) is 11.4. The number of aryl methyl sites for hydroxylation is 3. The van der Waals surface area contributed by atoms with Gasteiger partial charge in [0.05, 0.1) is 5.56 Å². The summed E-state index contributed by atoms with van der Waals surface area (Å²) in [5.41, 5.74) is 0.760. The average Bonchev–Trinajstić information content (AvgIpc) is 2.82. The van der Waals surface area contributed by atoms with Crippen molar-refractivity contribution in [3.05, 3.63) is 106 Å². The lowest BCUT2D eigenvalue weighted by atomic mass is 9.95. The van der Waals surface area contributed by atoms with E-state index < -0.39 is 34.6 Å². The van der Waals surface area contributed by atoms with Gasteiger partial charge in [0, 0.05) is 5.39 Å². The van der Waals surface area contributed by atoms with Gasteiger partial charge in [0.15, 0.2) is 0 Å². The molecule has 0 aromatic heterocycles. The lowest BCUT2D eigenvalue weighted by Crippen LogP contribution is -1.99. The van der Waals surface area contributed by atoms with Crippen molar-refractivity contribution in [1.29, 1.82) is 5.26 Å². The molecule has 178 valence electrons. The topological polar surface area (TPSA) is 23.8 Å². The lowest BCUT2D eigenvalue weighted by Gasteiger charge is -2.11. The maximum absolute atomic E-state index is 15.2. The molecule has 0 amide bonds. The predicted octanol–water partition coefficient (Wildman–Crippen LogP) is 8.20. The molecular weight excluding hydrogens is 457 g/mol. The van der Waals surface area contributed by atoms with Crippen molar-refractivity contribution in [3.8, 4) is 17.2 Å². The highest BCUT2D eigenvalue weighted by molar-refractivity contribution is 5.88. The van der Waals surface area contributed by atoms with Crippen molar-refractivity contribution in [2.24, 2.45) is 0 Å². The van der Waals surface area contributed by atoms with Gasteiger partial charge in [0.25, 0.3) is 0 Å². The second kappa shape index (κ2) is 10.3. The fourth-order valence-electron chi connectivity index (χ4n) is 4.27. The van der Waals surface area contributed by atoms with Crippen LogP contribution in [0.1, 0.15) is 42.0 Å². The molecule has 0 saturated heterocycles. The van der Waals surface area contributed by atoms with E-state index in [1.165, 1.54) is 30.3 Å². The number of hydrogen-bond acceptors (Lipinski definition) is 1. The molecule has 0 aliphatic carbocycles. The Morgan fingerprint density at radius 2 is 1.34 bits per heavy atom. The van der Waals surface area contributed by atoms with Crippen molar-refractivity contribution in [2.45, 2.75) is 39.0 Å². The van der Waals surface area contributed by atoms with Crippen LogP contribution >= 0.6 is 0 Å². The van der Waals surface area contributed by atoms with E-state index in [0.717, 1.165) is 25.0 Å². The van der Waals surface area contributed by atoms with Crippen LogP contribution in [0.4, 0.5) is 22.0 Å². The third kappa shape index (κ3) is 5.05. The van der Waals surface area contributed by atoms with Crippen LogP contribution in [0.25, 0.3) is 21.9 Å². The van der Waals surface area contributed by atoms with E-state index in [-0.39, 0.29) is 23.8 Å². The first-order chi connectivity index (χ1) is 16.8. The summed E-state index contributed by atoms with van der Waals surface area (Å²) in [5.74, 6) is -3.72. The van der Waals surface area contributed by atoms with Gasteiger partial charge in [-0.25, -0.2) is 22.0 Å². The number of fused-ring (bicyclic) bond motifs is 1. The summed E-state index contributed by atoms with van der Waals surface area (Å²) in [5, 5.41) is 9.54. The van der Waals surface area contributed by atoms with Gasteiger partial charge in [0.1, 0.15) is 40.7 Å². The summed E-state index contributed by atoms with van der Waals surface area (Å²) in [7, 11) is 0. The third-order valence-electron chi connectivity index (χ3n) is 6.14. The van der Waals surface area contributed by atoms with Gasteiger partial charge in [-0.3, -0.25) is 0 Å². The Kier molecular flexibility index (Phi) is 7.16. The number of hydrogen-bond donors (Lipinski definition) is 0. The van der Waals surface area contributed by atoms with E-state index in [2.05, 4.69) is 0 Å². The van der Waals surface area contributed by atoms with Gasteiger partial charge in [-0.15, -0.1) is 0 Å². The van der Waals surface area contributed by atoms with Crippen molar-refractivity contribution in [1.82, 2.24) is 0 Å². The molecule has 4 aromatic carbocycles. The van der Waals surface area contributed by atoms with Gasteiger partial charge in [-0.1, -0.05) is 37.6 Å². The van der Waals surface area contributed by atoms with Crippen molar-refractivity contribution >= 4 is 10.8 Å². The van der Waals surface area contributed by atoms with Crippen LogP contribution in [-0.2, 0) is 19.3 Å². The van der Waals surface area contributed by atoms with Crippen LogP contribution in [0, 0.1) is 40.4 Å². The number of nitrogens with zero attached hydrogens (tertiary/aromatic N) is 1. The molecule has 0 aliphatic heterocycles. The summed E-state index contributed by atoms with van der Waals surface area (Å²) in [4.78, 5) is 0. The summed E-state index contributed by atoms with van der Waals surface area (Å²) in [6.45, 7) is 2.01. The molecule has 0 atom stereocenters. The zero-order chi connectivity index (χ0) is 25.1. The minimum atomic E-state index is -0.952. The fraction of sp³-hybridized carbons (Fsp3) is 0.207. The second-order valence-electron chi connectivity index (χ2n) is 8.56. The first kappa shape index (κ1) is 24.4. The Balaban J connectivity index is 1.61. The van der Waals surface area contributed by atoms with E-state index in [9.17, 15) is 17.6 Å². The molecule has 4 rings (SSSR count). The molecule has 0 spiro atoms. The molecule has 0 fully saturated rings. The molecule has 0 heterocycles. The number of nitriles is 1. The molecular formula is C29H22F5N. The third-order valence-corrected chi connectivity index (χ3v) is 6.14. The molecule has 4 aromatic rings. The SMILES string of the molecule is CCCCc1cc(F)c(-c2ccc3c(F)c(CCc4cc(F)c(C#N)c(F)c4)ccc3c2)c(F)c1. The minimum Gasteiger partial charge on any atom is -0.206 e. The maximum atomic E-state index is 15.2. The molecule has 0 N–H and O–H groups in total. The van der Waals surface area contributed by atoms with E-state index in [1.54, 1.807) is 18.2 Å². The van der Waals surface area contributed by atoms with Gasteiger partial charge in [0.2, 0.25) is 0 Å². The van der Waals surface area contributed by atoms with Crippen LogP contribution in [0.2, 0.25) is 0 Å². The molecule has 0 saturated carbocycles. The Labute approximate surface area is 200 Å². The van der Waals surface area contributed by atoms with E-state index in [1.807, 2.05) is 6.92 Å². The Morgan fingerprint density at radius 1 is 0.714 bits per heavy atom. The average molecular weight is 479 g/mol. The van der Waals surface area contributed by atoms with E-state index in [4.69, 9.17) is 5.26 Å². The van der Waals surface area contributed by atoms with E-state index in [0.29, 0.717) is 34.1 Å². The van der Waals surface area contributed by atoms with Gasteiger partial charge in [-0.2, -0.15) is 5.26 Å². The number of unbranched alkanes of at least 4 members (excludes halogenated alkanes) is 1. The van der Waals surface area contributed by atoms with Crippen LogP contribution in [0.15, 0.2) is 54.6 Å². The normalized spacial score (nSPS) is 11.1. The molecule has 0 unspecified atom stereocenters. The zero-order valence-corrected chi connectivity index (χ0v) is 19.1. The molecule has 6 heteroatoms. The second-order valence-corrected chi connectivity index (χ2v) is 8.56. The summed E-state index contributed by atoms with van der Waals surface area (Å²) >= 11 is 0. The van der Waals surface area contributed by atoms with Crippen LogP contribution in [-0.4, -0.2) is 0 Å². The van der Waals surface area contributed by atoms with Crippen molar-refractivity contribution < 1.29 is 22.0 Å². The summed E-state index contributed by atoms with van der Waals surface area (Å²) in [6, 6.07) is 14.0. The smallest absolute Gasteiger partial charge is 0.144 e. The highest BCUT2D eigenvalue weighted by Gasteiger charge is 2.16. The number of benzene rings is 4. The monoisotopic (exact) mass is 479 g/mol. The minimum absolute atomic E-state index is 0.151. The Hall–Kier alpha value is -3.72. The van der Waals surface area contributed by atoms with Gasteiger partial charge < -0.3 is 0 Å². The standard InChI is InChI=1S/C29H22F5N/c1-2-3-4-17-13-26(32)28(27(33)14-17)21-9-10-22-20(15-21)8-7-19(29(22)34)6-5-18-11-24(30)23(16-35)25(31)12-18/h7-15H,2-6H2,1H3. The van der Waals surface area contributed by atoms with Crippen LogP contribution < -0.4 is 0 Å². The van der Waals surface area contributed by atoms with Crippen LogP contribution in [0.3, 0.4) is 0 Å². The zero-order valence-electron chi connectivity index (χ0n) is 19.1. The molecule has 35 heavy (non-hydrogen) atoms.